The maximum atomic E-state index is 12.4. The molecule has 0 radical (unpaired) electrons. The third-order valence-corrected chi connectivity index (χ3v) is 2.92. The Balaban J connectivity index is 2.10. The Morgan fingerprint density at radius 2 is 2.06 bits per heavy atom. The number of halogens is 3. The van der Waals surface area contributed by atoms with Crippen molar-refractivity contribution in [2.75, 3.05) is 6.61 Å². The highest BCUT2D eigenvalue weighted by Gasteiger charge is 2.41. The average Bonchev–Trinajstić information content (AvgIpc) is 2.32. The van der Waals surface area contributed by atoms with Crippen molar-refractivity contribution in [3.63, 3.8) is 0 Å². The van der Waals surface area contributed by atoms with Gasteiger partial charge in [-0.2, -0.15) is 13.2 Å². The summed E-state index contributed by atoms with van der Waals surface area (Å²) in [6.07, 6.45) is -7.05. The number of benzene rings is 1. The lowest BCUT2D eigenvalue weighted by Crippen LogP contribution is -2.43. The molecule has 3 unspecified atom stereocenters. The molecule has 0 aromatic heterocycles. The van der Waals surface area contributed by atoms with Crippen LogP contribution in [0.3, 0.4) is 0 Å². The summed E-state index contributed by atoms with van der Waals surface area (Å²) >= 11 is 0. The van der Waals surface area contributed by atoms with Crippen LogP contribution in [0.15, 0.2) is 24.3 Å². The number of para-hydroxylation sites is 1. The minimum atomic E-state index is -4.39. The first kappa shape index (κ1) is 13.2. The lowest BCUT2D eigenvalue weighted by Gasteiger charge is -2.33. The molecule has 1 aliphatic rings. The summed E-state index contributed by atoms with van der Waals surface area (Å²) in [7, 11) is 0. The largest absolute Gasteiger partial charge is 0.490 e. The van der Waals surface area contributed by atoms with Gasteiger partial charge in [-0.1, -0.05) is 18.2 Å². The van der Waals surface area contributed by atoms with Crippen molar-refractivity contribution in [3.05, 3.63) is 29.8 Å². The van der Waals surface area contributed by atoms with Crippen LogP contribution in [0.25, 0.3) is 0 Å². The van der Waals surface area contributed by atoms with Crippen molar-refractivity contribution in [2.24, 2.45) is 5.73 Å². The Kier molecular flexibility index (Phi) is 3.49. The van der Waals surface area contributed by atoms with Gasteiger partial charge in [-0.3, -0.25) is 0 Å². The van der Waals surface area contributed by atoms with Crippen molar-refractivity contribution in [1.29, 1.82) is 0 Å². The summed E-state index contributed by atoms with van der Waals surface area (Å²) in [4.78, 5) is 0. The maximum absolute atomic E-state index is 12.4. The van der Waals surface area contributed by atoms with Gasteiger partial charge in [-0.25, -0.2) is 0 Å². The number of hydrogen-bond donors (Lipinski definition) is 1. The van der Waals surface area contributed by atoms with Crippen LogP contribution >= 0.6 is 0 Å². The first-order valence-corrected chi connectivity index (χ1v) is 5.59. The molecule has 18 heavy (non-hydrogen) atoms. The molecular formula is C12H14F3NO2. The molecule has 0 saturated heterocycles. The van der Waals surface area contributed by atoms with E-state index in [1.165, 1.54) is 0 Å². The number of nitrogens with two attached hydrogens (primary N) is 1. The minimum Gasteiger partial charge on any atom is -0.490 e. The number of hydrogen-bond acceptors (Lipinski definition) is 3. The van der Waals surface area contributed by atoms with E-state index in [9.17, 15) is 13.2 Å². The monoisotopic (exact) mass is 261 g/mol. The fourth-order valence-corrected chi connectivity index (χ4v) is 1.83. The van der Waals surface area contributed by atoms with Gasteiger partial charge in [0.1, 0.15) is 18.5 Å². The van der Waals surface area contributed by atoms with E-state index in [4.69, 9.17) is 15.2 Å². The molecule has 2 N–H and O–H groups in total. The molecule has 1 aliphatic heterocycles. The molecule has 6 heteroatoms. The second-order valence-corrected chi connectivity index (χ2v) is 4.23. The van der Waals surface area contributed by atoms with E-state index in [0.717, 1.165) is 6.92 Å². The zero-order chi connectivity index (χ0) is 13.3. The maximum Gasteiger partial charge on any atom is 0.414 e. The summed E-state index contributed by atoms with van der Waals surface area (Å²) in [6.45, 7) is 0.992. The first-order valence-electron chi connectivity index (χ1n) is 5.59. The van der Waals surface area contributed by atoms with E-state index >= 15 is 0 Å². The molecule has 1 heterocycles. The van der Waals surface area contributed by atoms with E-state index in [1.54, 1.807) is 24.3 Å². The Bertz CT molecular complexity index is 422. The molecule has 3 atom stereocenters. The Labute approximate surface area is 103 Å². The molecule has 0 amide bonds. The smallest absolute Gasteiger partial charge is 0.414 e. The molecule has 0 spiro atoms. The van der Waals surface area contributed by atoms with E-state index in [0.29, 0.717) is 11.3 Å². The van der Waals surface area contributed by atoms with Crippen LogP contribution in [0.2, 0.25) is 0 Å². The summed E-state index contributed by atoms with van der Waals surface area (Å²) in [5, 5.41) is 0. The Hall–Kier alpha value is -1.27. The van der Waals surface area contributed by atoms with E-state index in [1.807, 2.05) is 0 Å². The van der Waals surface area contributed by atoms with Gasteiger partial charge < -0.3 is 15.2 Å². The quantitative estimate of drug-likeness (QED) is 0.889. The molecular weight excluding hydrogens is 247 g/mol. The van der Waals surface area contributed by atoms with Crippen molar-refractivity contribution in [1.82, 2.24) is 0 Å². The fraction of sp³-hybridized carbons (Fsp3) is 0.500. The highest BCUT2D eigenvalue weighted by Crippen LogP contribution is 2.33. The van der Waals surface area contributed by atoms with Gasteiger partial charge in [-0.15, -0.1) is 0 Å². The van der Waals surface area contributed by atoms with E-state index < -0.39 is 24.4 Å². The van der Waals surface area contributed by atoms with Crippen LogP contribution in [0.1, 0.15) is 18.5 Å². The van der Waals surface area contributed by atoms with Crippen molar-refractivity contribution >= 4 is 0 Å². The van der Waals surface area contributed by atoms with Crippen molar-refractivity contribution < 1.29 is 22.6 Å². The Morgan fingerprint density at radius 1 is 1.39 bits per heavy atom. The normalized spacial score (nSPS) is 25.2. The SMILES string of the molecule is CC(OC1COc2ccccc2C1N)C(F)(F)F. The lowest BCUT2D eigenvalue weighted by molar-refractivity contribution is -0.232. The summed E-state index contributed by atoms with van der Waals surface area (Å²) in [5.74, 6) is 0.601. The van der Waals surface area contributed by atoms with Gasteiger partial charge in [0.05, 0.1) is 6.04 Å². The number of ether oxygens (including phenoxy) is 2. The summed E-state index contributed by atoms with van der Waals surface area (Å²) in [5.41, 5.74) is 6.58. The van der Waals surface area contributed by atoms with Gasteiger partial charge in [0, 0.05) is 5.56 Å². The zero-order valence-electron chi connectivity index (χ0n) is 9.78. The number of fused-ring (bicyclic) bond motifs is 1. The zero-order valence-corrected chi connectivity index (χ0v) is 9.78. The van der Waals surface area contributed by atoms with Gasteiger partial charge >= 0.3 is 6.18 Å². The van der Waals surface area contributed by atoms with Crippen LogP contribution in [-0.4, -0.2) is 25.0 Å². The number of rotatable bonds is 2. The van der Waals surface area contributed by atoms with Crippen LogP contribution in [0.5, 0.6) is 5.75 Å². The second-order valence-electron chi connectivity index (χ2n) is 4.23. The van der Waals surface area contributed by atoms with E-state index in [2.05, 4.69) is 0 Å². The minimum absolute atomic E-state index is 0.0264. The molecule has 0 bridgehead atoms. The molecule has 0 saturated carbocycles. The molecule has 2 rings (SSSR count). The second kappa shape index (κ2) is 4.78. The molecule has 0 fully saturated rings. The average molecular weight is 261 g/mol. The Morgan fingerprint density at radius 3 is 2.72 bits per heavy atom. The predicted molar refractivity (Wildman–Crippen MR) is 59.3 cm³/mol. The fourth-order valence-electron chi connectivity index (χ4n) is 1.83. The standard InChI is InChI=1S/C12H14F3NO2/c1-7(12(13,14)15)18-10-6-17-9-5-3-2-4-8(9)11(10)16/h2-5,7,10-11H,6,16H2,1H3. The van der Waals surface area contributed by atoms with Crippen LogP contribution in [0.4, 0.5) is 13.2 Å². The first-order chi connectivity index (χ1) is 8.39. The summed E-state index contributed by atoms with van der Waals surface area (Å²) < 4.78 is 47.6. The number of alkyl halides is 3. The highest BCUT2D eigenvalue weighted by atomic mass is 19.4. The molecule has 3 nitrogen and oxygen atoms in total. The van der Waals surface area contributed by atoms with Crippen LogP contribution in [0, 0.1) is 0 Å². The van der Waals surface area contributed by atoms with Gasteiger partial charge in [0.2, 0.25) is 0 Å². The van der Waals surface area contributed by atoms with Crippen molar-refractivity contribution in [3.8, 4) is 5.75 Å². The van der Waals surface area contributed by atoms with Crippen molar-refractivity contribution in [2.45, 2.75) is 31.3 Å². The molecule has 0 aliphatic carbocycles. The van der Waals surface area contributed by atoms with Crippen LogP contribution in [-0.2, 0) is 4.74 Å². The third kappa shape index (κ3) is 2.59. The van der Waals surface area contributed by atoms with Gasteiger partial charge in [0.15, 0.2) is 6.10 Å². The highest BCUT2D eigenvalue weighted by molar-refractivity contribution is 5.38. The molecule has 1 aromatic rings. The predicted octanol–water partition coefficient (Wildman–Crippen LogP) is 2.41. The molecule has 1 aromatic carbocycles. The van der Waals surface area contributed by atoms with Gasteiger partial charge in [0.25, 0.3) is 0 Å². The van der Waals surface area contributed by atoms with E-state index in [-0.39, 0.29) is 6.61 Å². The topological polar surface area (TPSA) is 44.5 Å². The summed E-state index contributed by atoms with van der Waals surface area (Å²) in [6, 6.07) is 6.40. The van der Waals surface area contributed by atoms with Gasteiger partial charge in [-0.05, 0) is 13.0 Å². The third-order valence-electron chi connectivity index (χ3n) is 2.92. The lowest BCUT2D eigenvalue weighted by atomic mass is 9.99. The molecule has 100 valence electrons. The van der Waals surface area contributed by atoms with Crippen LogP contribution < -0.4 is 10.5 Å².